The Morgan fingerprint density at radius 1 is 1.35 bits per heavy atom. The zero-order valence-electron chi connectivity index (χ0n) is 12.0. The molecule has 0 aromatic heterocycles. The van der Waals surface area contributed by atoms with Gasteiger partial charge in [0.2, 0.25) is 0 Å². The van der Waals surface area contributed by atoms with Gasteiger partial charge in [0.25, 0.3) is 11.6 Å². The van der Waals surface area contributed by atoms with Gasteiger partial charge in [-0.1, -0.05) is 36.5 Å². The molecule has 0 bridgehead atoms. The molecule has 0 saturated carbocycles. The number of likely N-dealkylation sites (tertiary alicyclic amines) is 1. The van der Waals surface area contributed by atoms with Gasteiger partial charge < -0.3 is 5.11 Å². The van der Waals surface area contributed by atoms with E-state index in [0.717, 1.165) is 0 Å². The van der Waals surface area contributed by atoms with Crippen molar-refractivity contribution >= 4 is 17.8 Å². The molecular formula is C15H13N2O6+. The Morgan fingerprint density at radius 3 is 2.74 bits per heavy atom. The number of hydrogen-bond acceptors (Lipinski definition) is 5. The van der Waals surface area contributed by atoms with Gasteiger partial charge in [0.1, 0.15) is 5.41 Å². The van der Waals surface area contributed by atoms with Gasteiger partial charge >= 0.3 is 17.8 Å². The van der Waals surface area contributed by atoms with Crippen LogP contribution in [0.25, 0.3) is 0 Å². The van der Waals surface area contributed by atoms with Crippen molar-refractivity contribution < 1.29 is 29.1 Å². The van der Waals surface area contributed by atoms with E-state index >= 15 is 0 Å². The summed E-state index contributed by atoms with van der Waals surface area (Å²) in [5.41, 5.74) is -0.309. The van der Waals surface area contributed by atoms with Crippen molar-refractivity contribution in [2.24, 2.45) is 5.41 Å². The second kappa shape index (κ2) is 4.82. The van der Waals surface area contributed by atoms with Crippen molar-refractivity contribution in [3.63, 3.8) is 0 Å². The molecule has 1 heterocycles. The van der Waals surface area contributed by atoms with Gasteiger partial charge in [-0.15, -0.1) is 0 Å². The first-order valence-electron chi connectivity index (χ1n) is 6.94. The predicted molar refractivity (Wildman–Crippen MR) is 75.9 cm³/mol. The Bertz CT molecular complexity index is 775. The Kier molecular flexibility index (Phi) is 3.15. The largest absolute Gasteiger partial charge is 0.477 e. The number of carboxylic acids is 1. The van der Waals surface area contributed by atoms with Crippen molar-refractivity contribution in [2.45, 2.75) is 12.8 Å². The third-order valence-electron chi connectivity index (χ3n) is 4.55. The highest BCUT2D eigenvalue weighted by Gasteiger charge is 2.71. The third kappa shape index (κ3) is 1.78. The summed E-state index contributed by atoms with van der Waals surface area (Å²) in [5, 5.41) is 19.5. The molecule has 1 fully saturated rings. The number of nitrogens with zero attached hydrogens (tertiary/aromatic N) is 2. The van der Waals surface area contributed by atoms with E-state index in [1.807, 2.05) is 0 Å². The lowest BCUT2D eigenvalue weighted by Crippen LogP contribution is -2.70. The van der Waals surface area contributed by atoms with Gasteiger partial charge in [0, 0.05) is 0 Å². The zero-order valence-corrected chi connectivity index (χ0v) is 12.0. The summed E-state index contributed by atoms with van der Waals surface area (Å²) in [6.07, 6.45) is 9.90. The average Bonchev–Trinajstić information content (AvgIpc) is 2.50. The van der Waals surface area contributed by atoms with Crippen LogP contribution in [0.2, 0.25) is 0 Å². The second-order valence-electron chi connectivity index (χ2n) is 5.65. The number of imide groups is 1. The quantitative estimate of drug-likeness (QED) is 0.358. The SMILES string of the molecule is O=C(O)C[N+]1([N+](=O)[O-])C(=O)CC2=CC=CC3=CC=CC[C@@]32C1=O. The first-order chi connectivity index (χ1) is 10.9. The van der Waals surface area contributed by atoms with Gasteiger partial charge in [-0.05, 0) is 17.6 Å². The van der Waals surface area contributed by atoms with E-state index in [9.17, 15) is 24.5 Å². The number of hydrogen-bond donors (Lipinski definition) is 1. The minimum atomic E-state index is -1.90. The number of carboxylic acid groups (broad SMARTS) is 1. The highest BCUT2D eigenvalue weighted by atomic mass is 16.7. The van der Waals surface area contributed by atoms with E-state index in [1.165, 1.54) is 0 Å². The molecule has 3 rings (SSSR count). The fraction of sp³-hybridized carbons (Fsp3) is 0.267. The topological polar surface area (TPSA) is 115 Å². The summed E-state index contributed by atoms with van der Waals surface area (Å²) in [4.78, 5) is 48.2. The third-order valence-corrected chi connectivity index (χ3v) is 4.55. The fourth-order valence-electron chi connectivity index (χ4n) is 3.46. The number of rotatable bonds is 3. The lowest BCUT2D eigenvalue weighted by Gasteiger charge is -2.42. The summed E-state index contributed by atoms with van der Waals surface area (Å²) in [6, 6.07) is 0. The summed E-state index contributed by atoms with van der Waals surface area (Å²) in [6.45, 7) is -1.19. The monoisotopic (exact) mass is 317 g/mol. The summed E-state index contributed by atoms with van der Waals surface area (Å²) < 4.78 is -1.90. The maximum atomic E-state index is 13.1. The van der Waals surface area contributed by atoms with Crippen LogP contribution in [0, 0.1) is 15.5 Å². The van der Waals surface area contributed by atoms with Gasteiger partial charge in [0.05, 0.1) is 11.0 Å². The van der Waals surface area contributed by atoms with Crippen molar-refractivity contribution in [1.29, 1.82) is 0 Å². The Labute approximate surface area is 130 Å². The van der Waals surface area contributed by atoms with Crippen LogP contribution in [0.15, 0.2) is 47.6 Å². The van der Waals surface area contributed by atoms with Crippen LogP contribution >= 0.6 is 0 Å². The molecule has 2 atom stereocenters. The van der Waals surface area contributed by atoms with Gasteiger partial charge in [0.15, 0.2) is 0 Å². The zero-order chi connectivity index (χ0) is 16.8. The van der Waals surface area contributed by atoms with Crippen LogP contribution in [0.4, 0.5) is 0 Å². The molecule has 1 saturated heterocycles. The maximum absolute atomic E-state index is 13.1. The molecule has 1 spiro atoms. The molecule has 0 aromatic rings. The van der Waals surface area contributed by atoms with Crippen LogP contribution in [-0.2, 0) is 14.4 Å². The molecule has 0 aromatic carbocycles. The van der Waals surface area contributed by atoms with E-state index in [1.54, 1.807) is 36.5 Å². The first-order valence-corrected chi connectivity index (χ1v) is 6.94. The standard InChI is InChI=1S/C15H12N2O6/c18-12-8-11-6-3-5-10-4-1-2-7-15(10,11)14(21)17(12,16(22)23)9-13(19)20/h1-6H,7-9H2/p+1/t15-,17?/m1/s1. The van der Waals surface area contributed by atoms with Crippen molar-refractivity contribution in [1.82, 2.24) is 0 Å². The molecule has 0 radical (unpaired) electrons. The predicted octanol–water partition coefficient (Wildman–Crippen LogP) is 0.905. The van der Waals surface area contributed by atoms with E-state index in [4.69, 9.17) is 5.11 Å². The number of amides is 2. The lowest BCUT2D eigenvalue weighted by atomic mass is 9.63. The Morgan fingerprint density at radius 2 is 2.09 bits per heavy atom. The van der Waals surface area contributed by atoms with E-state index in [-0.39, 0.29) is 12.8 Å². The fourth-order valence-corrected chi connectivity index (χ4v) is 3.46. The molecular weight excluding hydrogens is 304 g/mol. The molecule has 2 amide bonds. The number of nitro groups is 1. The molecule has 1 unspecified atom stereocenters. The molecule has 1 aliphatic heterocycles. The molecule has 8 heteroatoms. The number of carbonyl (C=O) groups excluding carboxylic acids is 2. The Balaban J connectivity index is 2.24. The minimum absolute atomic E-state index is 0.175. The summed E-state index contributed by atoms with van der Waals surface area (Å²) >= 11 is 0. The molecule has 118 valence electrons. The summed E-state index contributed by atoms with van der Waals surface area (Å²) in [5.74, 6) is -3.61. The van der Waals surface area contributed by atoms with Crippen LogP contribution in [0.5, 0.6) is 0 Å². The Hall–Kier alpha value is -2.87. The summed E-state index contributed by atoms with van der Waals surface area (Å²) in [7, 11) is 0. The molecule has 8 nitrogen and oxygen atoms in total. The first kappa shape index (κ1) is 15.0. The maximum Gasteiger partial charge on any atom is 0.397 e. The lowest BCUT2D eigenvalue weighted by molar-refractivity contribution is -1.23. The normalized spacial score (nSPS) is 31.8. The van der Waals surface area contributed by atoms with Crippen LogP contribution in [0.1, 0.15) is 12.8 Å². The highest BCUT2D eigenvalue weighted by molar-refractivity contribution is 5.99. The number of carbonyl (C=O) groups is 3. The van der Waals surface area contributed by atoms with Gasteiger partial charge in [-0.2, -0.15) is 0 Å². The van der Waals surface area contributed by atoms with E-state index < -0.39 is 39.4 Å². The van der Waals surface area contributed by atoms with E-state index in [0.29, 0.717) is 11.1 Å². The molecule has 3 aliphatic rings. The molecule has 23 heavy (non-hydrogen) atoms. The van der Waals surface area contributed by atoms with Crippen molar-refractivity contribution in [2.75, 3.05) is 6.54 Å². The minimum Gasteiger partial charge on any atom is -0.477 e. The van der Waals surface area contributed by atoms with Crippen LogP contribution < -0.4 is 0 Å². The van der Waals surface area contributed by atoms with Crippen molar-refractivity contribution in [3.8, 4) is 0 Å². The average molecular weight is 317 g/mol. The van der Waals surface area contributed by atoms with Crippen LogP contribution in [0.3, 0.4) is 0 Å². The van der Waals surface area contributed by atoms with Crippen molar-refractivity contribution in [3.05, 3.63) is 57.7 Å². The van der Waals surface area contributed by atoms with Gasteiger partial charge in [-0.3, -0.25) is 0 Å². The smallest absolute Gasteiger partial charge is 0.397 e. The van der Waals surface area contributed by atoms with Crippen LogP contribution in [-0.4, -0.2) is 39.1 Å². The van der Waals surface area contributed by atoms with Gasteiger partial charge in [-0.25, -0.2) is 24.5 Å². The highest BCUT2D eigenvalue weighted by Crippen LogP contribution is 2.51. The second-order valence-corrected chi connectivity index (χ2v) is 5.65. The number of allylic oxidation sites excluding steroid dienone is 6. The number of piperidine rings is 1. The number of aliphatic carboxylic acids is 1. The molecule has 1 N–H and O–H groups in total. The molecule has 2 aliphatic carbocycles. The number of quaternary nitrogens is 1. The van der Waals surface area contributed by atoms with E-state index in [2.05, 4.69) is 0 Å².